The number of hydrogen-bond donors (Lipinski definition) is 2. The number of alkyl halides is 2. The van der Waals surface area contributed by atoms with E-state index in [4.69, 9.17) is 4.74 Å². The summed E-state index contributed by atoms with van der Waals surface area (Å²) < 4.78 is 32.0. The highest BCUT2D eigenvalue weighted by atomic mass is 19.3. The molecule has 1 aromatic rings. The van der Waals surface area contributed by atoms with E-state index in [1.54, 1.807) is 11.0 Å². The first kappa shape index (κ1) is 26.1. The second-order valence-corrected chi connectivity index (χ2v) is 11.2. The molecule has 0 radical (unpaired) electrons. The van der Waals surface area contributed by atoms with Crippen molar-refractivity contribution in [3.63, 3.8) is 0 Å². The number of piperidine rings is 1. The van der Waals surface area contributed by atoms with Crippen LogP contribution in [-0.2, 0) is 16.1 Å². The van der Waals surface area contributed by atoms with Crippen LogP contribution >= 0.6 is 0 Å². The molecule has 3 amide bonds. The van der Waals surface area contributed by atoms with Crippen LogP contribution in [0.2, 0.25) is 0 Å². The van der Waals surface area contributed by atoms with Crippen LogP contribution in [0.5, 0.6) is 5.75 Å². The lowest BCUT2D eigenvalue weighted by Crippen LogP contribution is -2.52. The minimum Gasteiger partial charge on any atom is -0.490 e. The maximum Gasteiger partial charge on any atom is 0.255 e. The number of ether oxygens (including phenoxy) is 1. The van der Waals surface area contributed by atoms with Crippen LogP contribution in [0.1, 0.15) is 86.6 Å². The van der Waals surface area contributed by atoms with E-state index in [0.29, 0.717) is 30.9 Å². The van der Waals surface area contributed by atoms with E-state index < -0.39 is 12.0 Å². The van der Waals surface area contributed by atoms with Crippen molar-refractivity contribution in [1.82, 2.24) is 15.5 Å². The molecule has 9 heteroatoms. The fraction of sp³-hybridized carbons (Fsp3) is 0.679. The number of imide groups is 1. The van der Waals surface area contributed by atoms with E-state index in [1.807, 2.05) is 12.1 Å². The topological polar surface area (TPSA) is 87.7 Å². The van der Waals surface area contributed by atoms with Crippen LogP contribution in [0.15, 0.2) is 18.2 Å². The molecule has 6 rings (SSSR count). The zero-order chi connectivity index (χ0) is 26.0. The van der Waals surface area contributed by atoms with Gasteiger partial charge in [0.15, 0.2) is 0 Å². The van der Waals surface area contributed by atoms with Gasteiger partial charge in [0.05, 0.1) is 6.10 Å². The predicted octanol–water partition coefficient (Wildman–Crippen LogP) is 4.19. The van der Waals surface area contributed by atoms with E-state index in [9.17, 15) is 23.2 Å². The SMILES string of the molecule is FC1(F)CCCC(C2CNC2)C1.O=C1CCC(N2Cc3cc(OC4CCCCC4)ccc3C2=O)C(=O)N1. The normalized spacial score (nSPS) is 28.1. The monoisotopic (exact) mass is 517 g/mol. The Kier molecular flexibility index (Phi) is 7.79. The van der Waals surface area contributed by atoms with Crippen molar-refractivity contribution >= 4 is 17.7 Å². The van der Waals surface area contributed by atoms with Crippen LogP contribution in [0.3, 0.4) is 0 Å². The third-order valence-electron chi connectivity index (χ3n) is 8.51. The summed E-state index contributed by atoms with van der Waals surface area (Å²) in [5, 5.41) is 5.46. The molecule has 5 aliphatic rings. The average molecular weight is 518 g/mol. The third kappa shape index (κ3) is 6.13. The summed E-state index contributed by atoms with van der Waals surface area (Å²) in [5.74, 6) is -1.54. The average Bonchev–Trinajstić information content (AvgIpc) is 3.14. The molecule has 2 unspecified atom stereocenters. The lowest BCUT2D eigenvalue weighted by molar-refractivity contribution is -0.136. The van der Waals surface area contributed by atoms with E-state index in [0.717, 1.165) is 43.7 Å². The smallest absolute Gasteiger partial charge is 0.255 e. The van der Waals surface area contributed by atoms with E-state index in [1.165, 1.54) is 19.3 Å². The lowest BCUT2D eigenvalue weighted by Gasteiger charge is -2.39. The van der Waals surface area contributed by atoms with Gasteiger partial charge < -0.3 is 15.0 Å². The molecule has 2 aliphatic carbocycles. The molecule has 2 atom stereocenters. The Balaban J connectivity index is 0.000000195. The molecule has 3 aliphatic heterocycles. The van der Waals surface area contributed by atoms with Crippen molar-refractivity contribution in [2.75, 3.05) is 13.1 Å². The van der Waals surface area contributed by atoms with Gasteiger partial charge in [0.1, 0.15) is 11.8 Å². The highest BCUT2D eigenvalue weighted by Crippen LogP contribution is 2.40. The molecule has 202 valence electrons. The van der Waals surface area contributed by atoms with Gasteiger partial charge in [-0.2, -0.15) is 0 Å². The first-order valence-electron chi connectivity index (χ1n) is 13.8. The summed E-state index contributed by atoms with van der Waals surface area (Å²) in [6.45, 7) is 2.31. The molecule has 4 fully saturated rings. The van der Waals surface area contributed by atoms with Gasteiger partial charge >= 0.3 is 0 Å². The minimum atomic E-state index is -2.36. The number of hydrogen-bond acceptors (Lipinski definition) is 5. The zero-order valence-corrected chi connectivity index (χ0v) is 21.3. The van der Waals surface area contributed by atoms with Gasteiger partial charge in [0.2, 0.25) is 17.7 Å². The highest BCUT2D eigenvalue weighted by Gasteiger charge is 2.41. The van der Waals surface area contributed by atoms with E-state index in [2.05, 4.69) is 10.6 Å². The fourth-order valence-corrected chi connectivity index (χ4v) is 6.26. The number of rotatable bonds is 4. The molecular formula is C28H37F2N3O4. The van der Waals surface area contributed by atoms with Crippen molar-refractivity contribution in [3.05, 3.63) is 29.3 Å². The quantitative estimate of drug-likeness (QED) is 0.585. The van der Waals surface area contributed by atoms with Gasteiger partial charge in [-0.1, -0.05) is 6.42 Å². The molecule has 0 aromatic heterocycles. The number of carbonyl (C=O) groups is 3. The van der Waals surface area contributed by atoms with Gasteiger partial charge in [-0.3, -0.25) is 19.7 Å². The molecule has 1 aromatic carbocycles. The fourth-order valence-electron chi connectivity index (χ4n) is 6.26. The van der Waals surface area contributed by atoms with Gasteiger partial charge in [0, 0.05) is 31.4 Å². The van der Waals surface area contributed by atoms with Crippen LogP contribution in [0.4, 0.5) is 8.78 Å². The molecule has 3 heterocycles. The predicted molar refractivity (Wildman–Crippen MR) is 133 cm³/mol. The van der Waals surface area contributed by atoms with Crippen molar-refractivity contribution in [3.8, 4) is 5.75 Å². The van der Waals surface area contributed by atoms with Crippen molar-refractivity contribution in [1.29, 1.82) is 0 Å². The van der Waals surface area contributed by atoms with Crippen molar-refractivity contribution in [2.24, 2.45) is 11.8 Å². The van der Waals surface area contributed by atoms with Crippen LogP contribution in [0.25, 0.3) is 0 Å². The first-order chi connectivity index (χ1) is 17.8. The molecule has 37 heavy (non-hydrogen) atoms. The number of halogens is 2. The molecule has 2 saturated heterocycles. The Labute approximate surface area is 216 Å². The van der Waals surface area contributed by atoms with Gasteiger partial charge in [-0.15, -0.1) is 0 Å². The maximum atomic E-state index is 13.0. The standard InChI is InChI=1S/C19H22N2O4.C9H15F2N/c22-17-9-8-16(18(23)20-17)21-11-12-10-14(6-7-15(12)19(21)24)25-13-4-2-1-3-5-13;10-9(11)3-1-2-7(4-9)8-5-12-6-8/h6-7,10,13,16H,1-5,8-9,11H2,(H,20,22,23);7-8,12H,1-6H2. The lowest BCUT2D eigenvalue weighted by atomic mass is 9.76. The second kappa shape index (κ2) is 11.1. The van der Waals surface area contributed by atoms with Gasteiger partial charge in [-0.05, 0) is 93.6 Å². The van der Waals surface area contributed by atoms with Crippen LogP contribution < -0.4 is 15.4 Å². The first-order valence-corrected chi connectivity index (χ1v) is 13.8. The Morgan fingerprint density at radius 2 is 1.73 bits per heavy atom. The van der Waals surface area contributed by atoms with Crippen molar-refractivity contribution < 1.29 is 27.9 Å². The molecule has 7 nitrogen and oxygen atoms in total. The zero-order valence-electron chi connectivity index (χ0n) is 21.3. The largest absolute Gasteiger partial charge is 0.490 e. The molecular weight excluding hydrogens is 480 g/mol. The third-order valence-corrected chi connectivity index (χ3v) is 8.51. The second-order valence-electron chi connectivity index (χ2n) is 11.2. The Bertz CT molecular complexity index is 1020. The van der Waals surface area contributed by atoms with Crippen LogP contribution in [-0.4, -0.2) is 53.8 Å². The van der Waals surface area contributed by atoms with Crippen LogP contribution in [0, 0.1) is 11.8 Å². The highest BCUT2D eigenvalue weighted by molar-refractivity contribution is 6.05. The van der Waals surface area contributed by atoms with Gasteiger partial charge in [-0.25, -0.2) is 8.78 Å². The van der Waals surface area contributed by atoms with Gasteiger partial charge in [0.25, 0.3) is 5.91 Å². The Morgan fingerprint density at radius 1 is 0.946 bits per heavy atom. The summed E-state index contributed by atoms with van der Waals surface area (Å²) in [6.07, 6.45) is 8.75. The summed E-state index contributed by atoms with van der Waals surface area (Å²) in [7, 11) is 0. The summed E-state index contributed by atoms with van der Waals surface area (Å²) in [5.41, 5.74) is 1.52. The molecule has 2 saturated carbocycles. The maximum absolute atomic E-state index is 13.0. The number of nitrogens with zero attached hydrogens (tertiary/aromatic N) is 1. The Hall–Kier alpha value is -2.55. The van der Waals surface area contributed by atoms with E-state index >= 15 is 0 Å². The number of nitrogens with one attached hydrogen (secondary N) is 2. The molecule has 2 N–H and O–H groups in total. The summed E-state index contributed by atoms with van der Waals surface area (Å²) in [6, 6.07) is 5.00. The van der Waals surface area contributed by atoms with Crippen molar-refractivity contribution in [2.45, 2.75) is 95.2 Å². The molecule has 0 bridgehead atoms. The minimum absolute atomic E-state index is 0.115. The summed E-state index contributed by atoms with van der Waals surface area (Å²) in [4.78, 5) is 37.6. The number of amides is 3. The number of benzene rings is 1. The Morgan fingerprint density at radius 3 is 2.41 bits per heavy atom. The number of fused-ring (bicyclic) bond motifs is 1. The molecule has 0 spiro atoms. The van der Waals surface area contributed by atoms with E-state index in [-0.39, 0.29) is 49.0 Å². The summed E-state index contributed by atoms with van der Waals surface area (Å²) >= 11 is 0. The number of carbonyl (C=O) groups excluding carboxylic acids is 3.